The molecule has 0 spiro atoms. The van der Waals surface area contributed by atoms with Gasteiger partial charge in [0.2, 0.25) is 0 Å². The van der Waals surface area contributed by atoms with Crippen molar-refractivity contribution in [3.63, 3.8) is 0 Å². The molecular weight excluding hydrogens is 266 g/mol. The fourth-order valence-electron chi connectivity index (χ4n) is 2.15. The van der Waals surface area contributed by atoms with Gasteiger partial charge in [0, 0.05) is 18.2 Å². The average Bonchev–Trinajstić information content (AvgIpc) is 2.91. The minimum Gasteiger partial charge on any atom is -0.495 e. The minimum absolute atomic E-state index is 0.601. The first-order valence-corrected chi connectivity index (χ1v) is 6.84. The second kappa shape index (κ2) is 5.40. The van der Waals surface area contributed by atoms with Gasteiger partial charge < -0.3 is 10.1 Å². The van der Waals surface area contributed by atoms with Gasteiger partial charge in [-0.15, -0.1) is 5.10 Å². The monoisotopic (exact) mass is 283 g/mol. The van der Waals surface area contributed by atoms with Gasteiger partial charge >= 0.3 is 0 Å². The lowest BCUT2D eigenvalue weighted by atomic mass is 10.3. The van der Waals surface area contributed by atoms with Gasteiger partial charge in [-0.25, -0.2) is 4.98 Å². The van der Waals surface area contributed by atoms with Crippen molar-refractivity contribution < 1.29 is 4.74 Å². The molecule has 0 aliphatic rings. The predicted molar refractivity (Wildman–Crippen MR) is 81.2 cm³/mol. The minimum atomic E-state index is 0.601. The third kappa shape index (κ3) is 2.52. The number of hydrogen-bond acceptors (Lipinski definition) is 5. The molecule has 0 atom stereocenters. The molecule has 0 fully saturated rings. The highest BCUT2D eigenvalue weighted by Gasteiger charge is 2.10. The van der Waals surface area contributed by atoms with Crippen molar-refractivity contribution in [3.05, 3.63) is 41.9 Å². The number of methoxy groups -OCH3 is 1. The van der Waals surface area contributed by atoms with E-state index in [1.807, 2.05) is 44.2 Å². The quantitative estimate of drug-likeness (QED) is 0.797. The Balaban J connectivity index is 2.09. The molecule has 0 saturated carbocycles. The van der Waals surface area contributed by atoms with Crippen LogP contribution >= 0.6 is 0 Å². The van der Waals surface area contributed by atoms with E-state index in [1.165, 1.54) is 0 Å². The summed E-state index contributed by atoms with van der Waals surface area (Å²) < 4.78 is 7.08. The molecule has 1 N–H and O–H groups in total. The van der Waals surface area contributed by atoms with Crippen molar-refractivity contribution in [2.45, 2.75) is 20.3 Å². The SMILES string of the molecule is CCc1nc2nc(C)cc(Nc3ccccc3OC)n2n1. The largest absolute Gasteiger partial charge is 0.495 e. The van der Waals surface area contributed by atoms with E-state index in [2.05, 4.69) is 20.4 Å². The third-order valence-corrected chi connectivity index (χ3v) is 3.17. The van der Waals surface area contributed by atoms with E-state index in [4.69, 9.17) is 4.74 Å². The van der Waals surface area contributed by atoms with Crippen LogP contribution in [-0.2, 0) is 6.42 Å². The maximum Gasteiger partial charge on any atom is 0.254 e. The van der Waals surface area contributed by atoms with Crippen molar-refractivity contribution in [1.82, 2.24) is 19.6 Å². The van der Waals surface area contributed by atoms with Gasteiger partial charge in [0.05, 0.1) is 12.8 Å². The lowest BCUT2D eigenvalue weighted by Crippen LogP contribution is -2.03. The van der Waals surface area contributed by atoms with Gasteiger partial charge in [0.25, 0.3) is 5.78 Å². The number of ether oxygens (including phenoxy) is 1. The van der Waals surface area contributed by atoms with Crippen LogP contribution in [0.5, 0.6) is 5.75 Å². The van der Waals surface area contributed by atoms with E-state index < -0.39 is 0 Å². The van der Waals surface area contributed by atoms with Gasteiger partial charge in [0.15, 0.2) is 5.82 Å². The number of para-hydroxylation sites is 2. The summed E-state index contributed by atoms with van der Waals surface area (Å²) in [5.74, 6) is 2.96. The zero-order valence-electron chi connectivity index (χ0n) is 12.3. The Labute approximate surface area is 122 Å². The Bertz CT molecular complexity index is 781. The molecule has 1 aromatic carbocycles. The number of fused-ring (bicyclic) bond motifs is 1. The Morgan fingerprint density at radius 1 is 1.24 bits per heavy atom. The van der Waals surface area contributed by atoms with Crippen molar-refractivity contribution in [1.29, 1.82) is 0 Å². The number of rotatable bonds is 4. The summed E-state index contributed by atoms with van der Waals surface area (Å²) in [4.78, 5) is 8.81. The van der Waals surface area contributed by atoms with Crippen LogP contribution in [0.15, 0.2) is 30.3 Å². The molecule has 0 amide bonds. The van der Waals surface area contributed by atoms with E-state index in [0.717, 1.165) is 35.2 Å². The molecule has 2 aromatic heterocycles. The fourth-order valence-corrected chi connectivity index (χ4v) is 2.15. The van der Waals surface area contributed by atoms with Crippen LogP contribution in [0, 0.1) is 6.92 Å². The number of aryl methyl sites for hydroxylation is 2. The van der Waals surface area contributed by atoms with Crippen molar-refractivity contribution in [2.24, 2.45) is 0 Å². The molecule has 0 bridgehead atoms. The molecule has 0 unspecified atom stereocenters. The highest BCUT2D eigenvalue weighted by atomic mass is 16.5. The summed E-state index contributed by atoms with van der Waals surface area (Å²) >= 11 is 0. The van der Waals surface area contributed by atoms with E-state index in [9.17, 15) is 0 Å². The van der Waals surface area contributed by atoms with E-state index in [-0.39, 0.29) is 0 Å². The topological polar surface area (TPSA) is 64.3 Å². The van der Waals surface area contributed by atoms with Crippen molar-refractivity contribution >= 4 is 17.3 Å². The molecule has 21 heavy (non-hydrogen) atoms. The first-order chi connectivity index (χ1) is 10.2. The molecule has 2 heterocycles. The maximum absolute atomic E-state index is 5.36. The molecule has 108 valence electrons. The summed E-state index contributed by atoms with van der Waals surface area (Å²) in [7, 11) is 1.65. The molecule has 3 aromatic rings. The number of anilines is 2. The van der Waals surface area contributed by atoms with Crippen molar-refractivity contribution in [3.8, 4) is 5.75 Å². The number of aromatic nitrogens is 4. The van der Waals surface area contributed by atoms with E-state index >= 15 is 0 Å². The summed E-state index contributed by atoms with van der Waals surface area (Å²) in [5, 5.41) is 7.80. The Kier molecular flexibility index (Phi) is 3.43. The van der Waals surface area contributed by atoms with Gasteiger partial charge in [-0.05, 0) is 19.1 Å². The van der Waals surface area contributed by atoms with Crippen LogP contribution < -0.4 is 10.1 Å². The van der Waals surface area contributed by atoms with Gasteiger partial charge in [-0.1, -0.05) is 19.1 Å². The maximum atomic E-state index is 5.36. The molecule has 0 saturated heterocycles. The highest BCUT2D eigenvalue weighted by molar-refractivity contribution is 5.65. The fraction of sp³-hybridized carbons (Fsp3) is 0.267. The molecule has 0 radical (unpaired) electrons. The second-order valence-corrected chi connectivity index (χ2v) is 4.70. The first-order valence-electron chi connectivity index (χ1n) is 6.84. The molecule has 0 aliphatic heterocycles. The van der Waals surface area contributed by atoms with E-state index in [0.29, 0.717) is 5.78 Å². The summed E-state index contributed by atoms with van der Waals surface area (Å²) in [6, 6.07) is 9.69. The zero-order chi connectivity index (χ0) is 14.8. The molecule has 3 rings (SSSR count). The molecule has 6 nitrogen and oxygen atoms in total. The summed E-state index contributed by atoms with van der Waals surface area (Å²) in [5.41, 5.74) is 1.76. The number of nitrogens with zero attached hydrogens (tertiary/aromatic N) is 4. The number of hydrogen-bond donors (Lipinski definition) is 1. The zero-order valence-corrected chi connectivity index (χ0v) is 12.3. The summed E-state index contributed by atoms with van der Waals surface area (Å²) in [6.45, 7) is 3.96. The number of benzene rings is 1. The summed E-state index contributed by atoms with van der Waals surface area (Å²) in [6.07, 6.45) is 0.774. The van der Waals surface area contributed by atoms with Crippen LogP contribution in [0.1, 0.15) is 18.4 Å². The lowest BCUT2D eigenvalue weighted by molar-refractivity contribution is 0.417. The first kappa shape index (κ1) is 13.4. The lowest BCUT2D eigenvalue weighted by Gasteiger charge is -2.11. The smallest absolute Gasteiger partial charge is 0.254 e. The van der Waals surface area contributed by atoms with E-state index in [1.54, 1.807) is 11.6 Å². The van der Waals surface area contributed by atoms with Gasteiger partial charge in [-0.2, -0.15) is 9.50 Å². The van der Waals surface area contributed by atoms with Crippen molar-refractivity contribution in [2.75, 3.05) is 12.4 Å². The third-order valence-electron chi connectivity index (χ3n) is 3.17. The normalized spacial score (nSPS) is 10.8. The molecular formula is C15H17N5O. The Hall–Kier alpha value is -2.63. The number of nitrogens with one attached hydrogen (secondary N) is 1. The Morgan fingerprint density at radius 3 is 2.81 bits per heavy atom. The van der Waals surface area contributed by atoms with Crippen LogP contribution in [-0.4, -0.2) is 26.7 Å². The molecule has 0 aliphatic carbocycles. The Morgan fingerprint density at radius 2 is 2.05 bits per heavy atom. The molecule has 6 heteroatoms. The van der Waals surface area contributed by atoms with Gasteiger partial charge in [0.1, 0.15) is 11.6 Å². The van der Waals surface area contributed by atoms with Gasteiger partial charge in [-0.3, -0.25) is 0 Å². The van der Waals surface area contributed by atoms with Crippen LogP contribution in [0.25, 0.3) is 5.78 Å². The predicted octanol–water partition coefficient (Wildman–Crippen LogP) is 2.75. The standard InChI is InChI=1S/C15H17N5O/c1-4-13-18-15-16-10(2)9-14(20(15)19-13)17-11-7-5-6-8-12(11)21-3/h5-9,17H,4H2,1-3H3. The highest BCUT2D eigenvalue weighted by Crippen LogP contribution is 2.27. The van der Waals surface area contributed by atoms with Crippen LogP contribution in [0.2, 0.25) is 0 Å². The van der Waals surface area contributed by atoms with Crippen LogP contribution in [0.4, 0.5) is 11.5 Å². The average molecular weight is 283 g/mol. The second-order valence-electron chi connectivity index (χ2n) is 4.70. The van der Waals surface area contributed by atoms with Crippen LogP contribution in [0.3, 0.4) is 0 Å².